The number of rotatable bonds is 7. The van der Waals surface area contributed by atoms with Gasteiger partial charge in [-0.2, -0.15) is 0 Å². The van der Waals surface area contributed by atoms with Crippen LogP contribution in [0.4, 0.5) is 0 Å². The second kappa shape index (κ2) is 9.59. The highest BCUT2D eigenvalue weighted by atomic mass is 35.5. The van der Waals surface area contributed by atoms with E-state index < -0.39 is 18.5 Å². The Morgan fingerprint density at radius 2 is 1.76 bits per heavy atom. The molecule has 0 spiro atoms. The van der Waals surface area contributed by atoms with Gasteiger partial charge in [-0.15, -0.1) is 0 Å². The lowest BCUT2D eigenvalue weighted by atomic mass is 9.81. The molecule has 3 rings (SSSR count). The predicted molar refractivity (Wildman–Crippen MR) is 106 cm³/mol. The first-order valence-electron chi connectivity index (χ1n) is 9.58. The van der Waals surface area contributed by atoms with Gasteiger partial charge in [-0.1, -0.05) is 42.1 Å². The van der Waals surface area contributed by atoms with Gasteiger partial charge in [0.1, 0.15) is 0 Å². The topological polar surface area (TPSA) is 92.8 Å². The number of imide groups is 1. The van der Waals surface area contributed by atoms with Crippen molar-refractivity contribution in [1.82, 2.24) is 10.2 Å². The van der Waals surface area contributed by atoms with Crippen LogP contribution in [-0.4, -0.2) is 41.7 Å². The van der Waals surface area contributed by atoms with E-state index in [9.17, 15) is 19.2 Å². The molecule has 1 aromatic carbocycles. The van der Waals surface area contributed by atoms with E-state index in [-0.39, 0.29) is 43.2 Å². The van der Waals surface area contributed by atoms with Gasteiger partial charge in [-0.25, -0.2) is 0 Å². The fourth-order valence-electron chi connectivity index (χ4n) is 3.78. The Kier molecular flexibility index (Phi) is 7.14. The molecule has 1 saturated heterocycles. The third-order valence-corrected chi connectivity index (χ3v) is 5.91. The monoisotopic (exact) mass is 440 g/mol. The molecule has 9 heteroatoms. The van der Waals surface area contributed by atoms with Crippen molar-refractivity contribution in [2.45, 2.75) is 38.6 Å². The average molecular weight is 441 g/mol. The van der Waals surface area contributed by atoms with Crippen molar-refractivity contribution < 1.29 is 23.9 Å². The predicted octanol–water partition coefficient (Wildman–Crippen LogP) is 2.72. The fourth-order valence-corrected chi connectivity index (χ4v) is 4.26. The highest BCUT2D eigenvalue weighted by molar-refractivity contribution is 6.35. The van der Waals surface area contributed by atoms with Gasteiger partial charge in [0.25, 0.3) is 5.91 Å². The maximum absolute atomic E-state index is 12.4. The number of esters is 1. The molecule has 7 nitrogen and oxygen atoms in total. The molecule has 3 amide bonds. The molecule has 0 radical (unpaired) electrons. The van der Waals surface area contributed by atoms with Gasteiger partial charge in [0.2, 0.25) is 11.8 Å². The Balaban J connectivity index is 1.39. The molecule has 1 aliphatic carbocycles. The van der Waals surface area contributed by atoms with E-state index in [4.69, 9.17) is 27.9 Å². The lowest BCUT2D eigenvalue weighted by Gasteiger charge is -2.19. The number of hydrogen-bond acceptors (Lipinski definition) is 5. The zero-order valence-corrected chi connectivity index (χ0v) is 17.3. The van der Waals surface area contributed by atoms with E-state index >= 15 is 0 Å². The first kappa shape index (κ1) is 21.6. The molecule has 2 aliphatic rings. The number of carbonyl (C=O) groups is 4. The largest absolute Gasteiger partial charge is 0.456 e. The lowest BCUT2D eigenvalue weighted by molar-refractivity contribution is -0.150. The van der Waals surface area contributed by atoms with Crippen molar-refractivity contribution >= 4 is 46.9 Å². The first-order chi connectivity index (χ1) is 13.9. The fraction of sp³-hybridized carbons (Fsp3) is 0.500. The third-order valence-electron chi connectivity index (χ3n) is 5.33. The Morgan fingerprint density at radius 3 is 2.38 bits per heavy atom. The summed E-state index contributed by atoms with van der Waals surface area (Å²) in [7, 11) is 0. The van der Waals surface area contributed by atoms with Crippen LogP contribution in [0.15, 0.2) is 18.2 Å². The van der Waals surface area contributed by atoms with Gasteiger partial charge < -0.3 is 10.1 Å². The van der Waals surface area contributed by atoms with Gasteiger partial charge in [0, 0.05) is 23.1 Å². The molecule has 1 N–H and O–H groups in total. The van der Waals surface area contributed by atoms with Gasteiger partial charge >= 0.3 is 5.97 Å². The molecule has 29 heavy (non-hydrogen) atoms. The number of likely N-dealkylation sites (tertiary alicyclic amines) is 1. The van der Waals surface area contributed by atoms with Gasteiger partial charge in [0.15, 0.2) is 6.61 Å². The van der Waals surface area contributed by atoms with E-state index in [2.05, 4.69) is 5.32 Å². The van der Waals surface area contributed by atoms with Crippen LogP contribution in [0.2, 0.25) is 10.0 Å². The summed E-state index contributed by atoms with van der Waals surface area (Å²) < 4.78 is 4.94. The zero-order chi connectivity index (χ0) is 21.0. The van der Waals surface area contributed by atoms with Gasteiger partial charge in [0.05, 0.1) is 18.3 Å². The van der Waals surface area contributed by atoms with Crippen LogP contribution in [0.3, 0.4) is 0 Å². The molecule has 0 aromatic heterocycles. The van der Waals surface area contributed by atoms with Crippen molar-refractivity contribution in [3.8, 4) is 0 Å². The van der Waals surface area contributed by atoms with E-state index in [0.717, 1.165) is 25.7 Å². The maximum atomic E-state index is 12.4. The summed E-state index contributed by atoms with van der Waals surface area (Å²) in [6, 6.07) is 4.92. The number of nitrogens with one attached hydrogen (secondary N) is 1. The highest BCUT2D eigenvalue weighted by Gasteiger charge is 2.47. The van der Waals surface area contributed by atoms with E-state index in [1.165, 1.54) is 4.90 Å². The Hall–Kier alpha value is -2.12. The highest BCUT2D eigenvalue weighted by Crippen LogP contribution is 2.37. The minimum absolute atomic E-state index is 0.00843. The number of nitrogens with zero attached hydrogens (tertiary/aromatic N) is 1. The van der Waals surface area contributed by atoms with Crippen molar-refractivity contribution in [2.75, 3.05) is 13.2 Å². The van der Waals surface area contributed by atoms with Crippen molar-refractivity contribution in [1.29, 1.82) is 0 Å². The summed E-state index contributed by atoms with van der Waals surface area (Å²) in [6.07, 6.45) is 3.23. The summed E-state index contributed by atoms with van der Waals surface area (Å²) in [5, 5.41) is 3.52. The van der Waals surface area contributed by atoms with Crippen LogP contribution in [-0.2, 0) is 30.5 Å². The minimum atomic E-state index is -0.639. The van der Waals surface area contributed by atoms with Crippen LogP contribution in [0.5, 0.6) is 0 Å². The molecule has 1 heterocycles. The molecular weight excluding hydrogens is 419 g/mol. The maximum Gasteiger partial charge on any atom is 0.308 e. The van der Waals surface area contributed by atoms with E-state index in [0.29, 0.717) is 15.6 Å². The number of halogens is 2. The zero-order valence-electron chi connectivity index (χ0n) is 15.8. The molecule has 2 fully saturated rings. The number of amides is 3. The SMILES string of the molecule is O=C(COC(=O)CCN1C(=O)[C@H]2CCCC[C@@H]2C1=O)NCc1ccc(Cl)cc1Cl. The van der Waals surface area contributed by atoms with Crippen LogP contribution in [0, 0.1) is 11.8 Å². The Bertz CT molecular complexity index is 805. The van der Waals surface area contributed by atoms with Crippen LogP contribution in [0.25, 0.3) is 0 Å². The normalized spacial score (nSPS) is 21.1. The molecular formula is C20H22Cl2N2O5. The quantitative estimate of drug-likeness (QED) is 0.519. The molecule has 1 saturated carbocycles. The summed E-state index contributed by atoms with van der Waals surface area (Å²) in [5.41, 5.74) is 0.684. The standard InChI is InChI=1S/C20H22Cl2N2O5/c21-13-6-5-12(16(22)9-13)10-23-17(25)11-29-18(26)7-8-24-19(27)14-3-1-2-4-15(14)20(24)28/h5-6,9,14-15H,1-4,7-8,10-11H2,(H,23,25)/t14-,15-/m0/s1. The second-order valence-corrected chi connectivity index (χ2v) is 8.09. The summed E-state index contributed by atoms with van der Waals surface area (Å²) >= 11 is 11.9. The number of hydrogen-bond donors (Lipinski definition) is 1. The average Bonchev–Trinajstić information content (AvgIpc) is 2.94. The Morgan fingerprint density at radius 1 is 1.10 bits per heavy atom. The minimum Gasteiger partial charge on any atom is -0.456 e. The van der Waals surface area contributed by atoms with Crippen molar-refractivity contribution in [3.05, 3.63) is 33.8 Å². The molecule has 0 unspecified atom stereocenters. The summed E-state index contributed by atoms with van der Waals surface area (Å²) in [4.78, 5) is 49.7. The van der Waals surface area contributed by atoms with Crippen LogP contribution < -0.4 is 5.32 Å². The molecule has 0 bridgehead atoms. The Labute approximate surface area is 178 Å². The van der Waals surface area contributed by atoms with Crippen LogP contribution in [0.1, 0.15) is 37.7 Å². The number of ether oxygens (including phenoxy) is 1. The van der Waals surface area contributed by atoms with E-state index in [1.807, 2.05) is 0 Å². The number of fused-ring (bicyclic) bond motifs is 1. The summed E-state index contributed by atoms with van der Waals surface area (Å²) in [6.45, 7) is -0.283. The molecule has 156 valence electrons. The molecule has 1 aliphatic heterocycles. The third kappa shape index (κ3) is 5.28. The number of benzene rings is 1. The van der Waals surface area contributed by atoms with Crippen LogP contribution >= 0.6 is 23.2 Å². The smallest absolute Gasteiger partial charge is 0.308 e. The number of carbonyl (C=O) groups excluding carboxylic acids is 4. The van der Waals surface area contributed by atoms with Crippen molar-refractivity contribution in [3.63, 3.8) is 0 Å². The van der Waals surface area contributed by atoms with Gasteiger partial charge in [-0.3, -0.25) is 24.1 Å². The second-order valence-electron chi connectivity index (χ2n) is 7.25. The van der Waals surface area contributed by atoms with E-state index in [1.54, 1.807) is 18.2 Å². The first-order valence-corrected chi connectivity index (χ1v) is 10.3. The van der Waals surface area contributed by atoms with Crippen molar-refractivity contribution in [2.24, 2.45) is 11.8 Å². The molecule has 2 atom stereocenters. The molecule has 1 aromatic rings. The summed E-state index contributed by atoms with van der Waals surface area (Å²) in [5.74, 6) is -1.98. The van der Waals surface area contributed by atoms with Gasteiger partial charge in [-0.05, 0) is 30.5 Å². The lowest BCUT2D eigenvalue weighted by Crippen LogP contribution is -2.34.